The molecule has 5 nitrogen and oxygen atoms in total. The van der Waals surface area contributed by atoms with Crippen LogP contribution in [0.2, 0.25) is 5.02 Å². The minimum absolute atomic E-state index is 0.124. The Morgan fingerprint density at radius 1 is 0.946 bits per heavy atom. The standard InChI is InChI=1S/C31H35ClN2O3/c1-23-15-17-28(18-16-23)37-22-30(35)34(21-25-11-8-12-26(32)19-25)29(20-24-9-4-2-5-10-24)31(36)33-27-13-6-3-7-14-27/h2,4-5,8-12,15-19,27,29H,3,6-7,13-14,20-22H2,1H3,(H,33,36)/t29-/m0/s1. The second-order valence-electron chi connectivity index (χ2n) is 9.80. The van der Waals surface area contributed by atoms with E-state index in [1.807, 2.05) is 79.7 Å². The van der Waals surface area contributed by atoms with Crippen LogP contribution in [0.4, 0.5) is 0 Å². The number of hydrogen-bond donors (Lipinski definition) is 1. The first-order chi connectivity index (χ1) is 18.0. The fraction of sp³-hybridized carbons (Fsp3) is 0.355. The van der Waals surface area contributed by atoms with Gasteiger partial charge in [-0.15, -0.1) is 0 Å². The Balaban J connectivity index is 1.60. The second-order valence-corrected chi connectivity index (χ2v) is 10.2. The summed E-state index contributed by atoms with van der Waals surface area (Å²) in [6.45, 7) is 2.10. The van der Waals surface area contributed by atoms with Crippen LogP contribution >= 0.6 is 11.6 Å². The van der Waals surface area contributed by atoms with Crippen LogP contribution < -0.4 is 10.1 Å². The molecule has 3 aromatic carbocycles. The van der Waals surface area contributed by atoms with Crippen molar-refractivity contribution in [1.29, 1.82) is 0 Å². The molecular weight excluding hydrogens is 484 g/mol. The molecule has 0 unspecified atom stereocenters. The largest absolute Gasteiger partial charge is 0.484 e. The summed E-state index contributed by atoms with van der Waals surface area (Å²) >= 11 is 6.26. The van der Waals surface area contributed by atoms with Gasteiger partial charge in [0.15, 0.2) is 6.61 Å². The zero-order chi connectivity index (χ0) is 26.0. The lowest BCUT2D eigenvalue weighted by Gasteiger charge is -2.33. The van der Waals surface area contributed by atoms with Gasteiger partial charge in [0.05, 0.1) is 0 Å². The van der Waals surface area contributed by atoms with Crippen LogP contribution in [-0.2, 0) is 22.6 Å². The monoisotopic (exact) mass is 518 g/mol. The van der Waals surface area contributed by atoms with E-state index in [-0.39, 0.29) is 31.0 Å². The van der Waals surface area contributed by atoms with Crippen molar-refractivity contribution in [3.8, 4) is 5.75 Å². The fourth-order valence-electron chi connectivity index (χ4n) is 4.79. The average molecular weight is 519 g/mol. The molecule has 0 aliphatic heterocycles. The summed E-state index contributed by atoms with van der Waals surface area (Å²) in [5, 5.41) is 3.84. The summed E-state index contributed by atoms with van der Waals surface area (Å²) in [5.74, 6) is 0.245. The molecule has 1 atom stereocenters. The molecule has 1 saturated carbocycles. The Morgan fingerprint density at radius 2 is 1.65 bits per heavy atom. The molecule has 0 bridgehead atoms. The molecule has 0 heterocycles. The molecule has 1 aliphatic rings. The molecule has 37 heavy (non-hydrogen) atoms. The molecule has 1 N–H and O–H groups in total. The number of benzene rings is 3. The highest BCUT2D eigenvalue weighted by atomic mass is 35.5. The SMILES string of the molecule is Cc1ccc(OCC(=O)N(Cc2cccc(Cl)c2)[C@@H](Cc2ccccc2)C(=O)NC2CCCCC2)cc1. The smallest absolute Gasteiger partial charge is 0.261 e. The van der Waals surface area contributed by atoms with Crippen LogP contribution in [0.25, 0.3) is 0 Å². The first-order valence-corrected chi connectivity index (χ1v) is 13.4. The molecule has 1 aliphatic carbocycles. The zero-order valence-corrected chi connectivity index (χ0v) is 22.1. The maximum absolute atomic E-state index is 13.8. The van der Waals surface area contributed by atoms with Gasteiger partial charge in [-0.2, -0.15) is 0 Å². The lowest BCUT2D eigenvalue weighted by Crippen LogP contribution is -2.53. The number of nitrogens with zero attached hydrogens (tertiary/aromatic N) is 1. The van der Waals surface area contributed by atoms with Gasteiger partial charge in [-0.05, 0) is 55.2 Å². The van der Waals surface area contributed by atoms with Gasteiger partial charge in [-0.3, -0.25) is 9.59 Å². The number of ether oxygens (including phenoxy) is 1. The Labute approximate surface area is 224 Å². The molecule has 0 saturated heterocycles. The highest BCUT2D eigenvalue weighted by Crippen LogP contribution is 2.21. The topological polar surface area (TPSA) is 58.6 Å². The second kappa shape index (κ2) is 13.3. The van der Waals surface area contributed by atoms with E-state index in [4.69, 9.17) is 16.3 Å². The van der Waals surface area contributed by atoms with Crippen molar-refractivity contribution in [3.05, 3.63) is 101 Å². The normalized spacial score (nSPS) is 14.5. The number of hydrogen-bond acceptors (Lipinski definition) is 3. The maximum atomic E-state index is 13.8. The van der Waals surface area contributed by atoms with Crippen molar-refractivity contribution >= 4 is 23.4 Å². The average Bonchev–Trinajstić information content (AvgIpc) is 2.91. The minimum Gasteiger partial charge on any atom is -0.484 e. The molecule has 194 valence electrons. The van der Waals surface area contributed by atoms with E-state index in [1.54, 1.807) is 11.0 Å². The minimum atomic E-state index is -0.683. The third-order valence-electron chi connectivity index (χ3n) is 6.85. The van der Waals surface area contributed by atoms with Gasteiger partial charge >= 0.3 is 0 Å². The number of halogens is 1. The van der Waals surface area contributed by atoms with Crippen LogP contribution in [0.15, 0.2) is 78.9 Å². The molecular formula is C31H35ClN2O3. The molecule has 0 spiro atoms. The van der Waals surface area contributed by atoms with Gasteiger partial charge in [0.25, 0.3) is 5.91 Å². The number of aryl methyl sites for hydroxylation is 1. The quantitative estimate of drug-likeness (QED) is 0.352. The van der Waals surface area contributed by atoms with E-state index in [0.29, 0.717) is 17.2 Å². The summed E-state index contributed by atoms with van der Waals surface area (Å²) in [4.78, 5) is 29.1. The van der Waals surface area contributed by atoms with Crippen molar-refractivity contribution in [2.75, 3.05) is 6.61 Å². The van der Waals surface area contributed by atoms with E-state index in [1.165, 1.54) is 6.42 Å². The summed E-state index contributed by atoms with van der Waals surface area (Å²) < 4.78 is 5.85. The molecule has 4 rings (SSSR count). The third-order valence-corrected chi connectivity index (χ3v) is 7.08. The maximum Gasteiger partial charge on any atom is 0.261 e. The van der Waals surface area contributed by atoms with Crippen molar-refractivity contribution in [2.45, 2.75) is 64.1 Å². The van der Waals surface area contributed by atoms with Crippen LogP contribution in [0.5, 0.6) is 5.75 Å². The Bertz CT molecular complexity index is 1160. The number of nitrogens with one attached hydrogen (secondary N) is 1. The summed E-state index contributed by atoms with van der Waals surface area (Å²) in [6, 6.07) is 24.3. The molecule has 3 aromatic rings. The highest BCUT2D eigenvalue weighted by Gasteiger charge is 2.32. The van der Waals surface area contributed by atoms with Gasteiger partial charge in [-0.1, -0.05) is 91.0 Å². The summed E-state index contributed by atoms with van der Waals surface area (Å²) in [5.41, 5.74) is 2.97. The van der Waals surface area contributed by atoms with Crippen LogP contribution in [0, 0.1) is 6.92 Å². The molecule has 0 radical (unpaired) electrons. The van der Waals surface area contributed by atoms with Gasteiger partial charge in [0.1, 0.15) is 11.8 Å². The van der Waals surface area contributed by atoms with Gasteiger partial charge in [0.2, 0.25) is 5.91 Å². The molecule has 0 aromatic heterocycles. The Morgan fingerprint density at radius 3 is 2.35 bits per heavy atom. The van der Waals surface area contributed by atoms with Crippen LogP contribution in [0.3, 0.4) is 0 Å². The first kappa shape index (κ1) is 26.7. The van der Waals surface area contributed by atoms with Crippen molar-refractivity contribution in [2.24, 2.45) is 0 Å². The molecule has 2 amide bonds. The first-order valence-electron chi connectivity index (χ1n) is 13.1. The van der Waals surface area contributed by atoms with E-state index in [2.05, 4.69) is 5.32 Å². The molecule has 6 heteroatoms. The number of amides is 2. The predicted molar refractivity (Wildman–Crippen MR) is 148 cm³/mol. The van der Waals surface area contributed by atoms with E-state index >= 15 is 0 Å². The van der Waals surface area contributed by atoms with Gasteiger partial charge in [0, 0.05) is 24.0 Å². The Kier molecular flexibility index (Phi) is 9.61. The van der Waals surface area contributed by atoms with E-state index < -0.39 is 6.04 Å². The number of carbonyl (C=O) groups excluding carboxylic acids is 2. The fourth-order valence-corrected chi connectivity index (χ4v) is 5.01. The van der Waals surface area contributed by atoms with Crippen LogP contribution in [-0.4, -0.2) is 35.4 Å². The van der Waals surface area contributed by atoms with Gasteiger partial charge in [-0.25, -0.2) is 0 Å². The number of rotatable bonds is 10. The van der Waals surface area contributed by atoms with Crippen molar-refractivity contribution in [1.82, 2.24) is 10.2 Å². The third kappa shape index (κ3) is 8.09. The molecule has 1 fully saturated rings. The van der Waals surface area contributed by atoms with E-state index in [0.717, 1.165) is 42.4 Å². The predicted octanol–water partition coefficient (Wildman–Crippen LogP) is 6.12. The van der Waals surface area contributed by atoms with Crippen molar-refractivity contribution in [3.63, 3.8) is 0 Å². The van der Waals surface area contributed by atoms with E-state index in [9.17, 15) is 9.59 Å². The lowest BCUT2D eigenvalue weighted by atomic mass is 9.94. The van der Waals surface area contributed by atoms with Crippen molar-refractivity contribution < 1.29 is 14.3 Å². The number of carbonyl (C=O) groups is 2. The summed E-state index contributed by atoms with van der Waals surface area (Å²) in [6.07, 6.45) is 5.80. The zero-order valence-electron chi connectivity index (χ0n) is 21.4. The summed E-state index contributed by atoms with van der Waals surface area (Å²) in [7, 11) is 0. The highest BCUT2D eigenvalue weighted by molar-refractivity contribution is 6.30. The van der Waals surface area contributed by atoms with Gasteiger partial charge < -0.3 is 15.0 Å². The Hall–Kier alpha value is -3.31. The lowest BCUT2D eigenvalue weighted by molar-refractivity contribution is -0.143. The van der Waals surface area contributed by atoms with Crippen LogP contribution in [0.1, 0.15) is 48.8 Å².